The Hall–Kier alpha value is -2.08. The molecular weight excluding hydrogens is 318 g/mol. The van der Waals surface area contributed by atoms with Gasteiger partial charge >= 0.3 is 0 Å². The summed E-state index contributed by atoms with van der Waals surface area (Å²) in [6.07, 6.45) is 2.75. The van der Waals surface area contributed by atoms with Crippen molar-refractivity contribution in [3.05, 3.63) is 24.3 Å². The predicted molar refractivity (Wildman–Crippen MR) is 97.7 cm³/mol. The summed E-state index contributed by atoms with van der Waals surface area (Å²) in [7, 11) is 0. The number of carbonyl (C=O) groups excluding carboxylic acids is 1. The Bertz CT molecular complexity index is 657. The second-order valence-electron chi connectivity index (χ2n) is 6.79. The lowest BCUT2D eigenvalue weighted by atomic mass is 9.96. The number of carbonyl (C=O) groups is 1. The van der Waals surface area contributed by atoms with Crippen molar-refractivity contribution in [2.24, 2.45) is 5.92 Å². The van der Waals surface area contributed by atoms with Crippen LogP contribution in [-0.2, 0) is 9.53 Å². The fraction of sp³-hybridized carbons (Fsp3) is 0.579. The van der Waals surface area contributed by atoms with E-state index < -0.39 is 0 Å². The molecular formula is C19H27N3O3. The highest BCUT2D eigenvalue weighted by Gasteiger charge is 2.26. The van der Waals surface area contributed by atoms with Crippen molar-refractivity contribution in [1.29, 1.82) is 0 Å². The number of para-hydroxylation sites is 2. The van der Waals surface area contributed by atoms with E-state index in [-0.39, 0.29) is 17.9 Å². The van der Waals surface area contributed by atoms with Gasteiger partial charge in [0.2, 0.25) is 5.91 Å². The maximum Gasteiger partial charge on any atom is 0.298 e. The summed E-state index contributed by atoms with van der Waals surface area (Å²) in [6.45, 7) is 6.99. The lowest BCUT2D eigenvalue weighted by molar-refractivity contribution is -0.125. The third kappa shape index (κ3) is 4.72. The molecule has 1 aromatic heterocycles. The fourth-order valence-corrected chi connectivity index (χ4v) is 3.08. The molecule has 1 amide bonds. The zero-order chi connectivity index (χ0) is 17.6. The van der Waals surface area contributed by atoms with Crippen molar-refractivity contribution in [3.63, 3.8) is 0 Å². The number of rotatable bonds is 7. The Morgan fingerprint density at radius 2 is 2.12 bits per heavy atom. The molecule has 0 unspecified atom stereocenters. The molecule has 0 saturated carbocycles. The van der Waals surface area contributed by atoms with Crippen molar-refractivity contribution < 1.29 is 13.9 Å². The van der Waals surface area contributed by atoms with E-state index >= 15 is 0 Å². The minimum absolute atomic E-state index is 0.0756. The first-order chi connectivity index (χ1) is 12.1. The summed E-state index contributed by atoms with van der Waals surface area (Å²) in [4.78, 5) is 18.9. The maximum absolute atomic E-state index is 12.3. The molecule has 6 nitrogen and oxygen atoms in total. The molecule has 0 spiro atoms. The van der Waals surface area contributed by atoms with Crippen LogP contribution < -0.4 is 10.2 Å². The predicted octanol–water partition coefficient (Wildman–Crippen LogP) is 2.98. The summed E-state index contributed by atoms with van der Waals surface area (Å²) in [5.41, 5.74) is 1.68. The normalized spacial score (nSPS) is 15.9. The Labute approximate surface area is 148 Å². The van der Waals surface area contributed by atoms with Gasteiger partial charge in [0.05, 0.1) is 6.10 Å². The maximum atomic E-state index is 12.3. The quantitative estimate of drug-likeness (QED) is 0.782. The Morgan fingerprint density at radius 1 is 1.36 bits per heavy atom. The van der Waals surface area contributed by atoms with Crippen LogP contribution >= 0.6 is 0 Å². The molecule has 1 aliphatic rings. The Balaban J connectivity index is 1.42. The molecule has 136 valence electrons. The first-order valence-corrected chi connectivity index (χ1v) is 9.13. The third-order valence-electron chi connectivity index (χ3n) is 4.49. The second kappa shape index (κ2) is 8.34. The number of aromatic nitrogens is 1. The summed E-state index contributed by atoms with van der Waals surface area (Å²) in [5, 5.41) is 3.03. The van der Waals surface area contributed by atoms with E-state index in [1.54, 1.807) is 0 Å². The number of amides is 1. The van der Waals surface area contributed by atoms with Gasteiger partial charge in [-0.2, -0.15) is 4.98 Å². The molecule has 0 atom stereocenters. The second-order valence-corrected chi connectivity index (χ2v) is 6.79. The molecule has 1 aliphatic heterocycles. The lowest BCUT2D eigenvalue weighted by Gasteiger charge is -2.30. The smallest absolute Gasteiger partial charge is 0.298 e. The van der Waals surface area contributed by atoms with E-state index in [1.165, 1.54) is 0 Å². The molecule has 1 fully saturated rings. The fourth-order valence-electron chi connectivity index (χ4n) is 3.08. The average molecular weight is 345 g/mol. The molecule has 0 aliphatic carbocycles. The number of hydrogen-bond donors (Lipinski definition) is 1. The van der Waals surface area contributed by atoms with Gasteiger partial charge in [0.15, 0.2) is 5.58 Å². The first kappa shape index (κ1) is 17.7. The molecule has 25 heavy (non-hydrogen) atoms. The number of fused-ring (bicyclic) bond motifs is 1. The SMILES string of the molecule is CC(C)OCCCNC(=O)C1CCN(c2nc3ccccc3o2)CC1. The minimum Gasteiger partial charge on any atom is -0.423 e. The number of ether oxygens (including phenoxy) is 1. The topological polar surface area (TPSA) is 67.6 Å². The summed E-state index contributed by atoms with van der Waals surface area (Å²) < 4.78 is 11.3. The molecule has 2 aromatic rings. The van der Waals surface area contributed by atoms with Gasteiger partial charge in [-0.1, -0.05) is 12.1 Å². The van der Waals surface area contributed by atoms with Crippen LogP contribution in [0.15, 0.2) is 28.7 Å². The van der Waals surface area contributed by atoms with E-state index in [4.69, 9.17) is 9.15 Å². The van der Waals surface area contributed by atoms with Crippen LogP contribution in [0.5, 0.6) is 0 Å². The number of nitrogens with one attached hydrogen (secondary N) is 1. The van der Waals surface area contributed by atoms with Crippen LogP contribution in [0.1, 0.15) is 33.1 Å². The van der Waals surface area contributed by atoms with Crippen LogP contribution in [-0.4, -0.2) is 43.2 Å². The minimum atomic E-state index is 0.0756. The van der Waals surface area contributed by atoms with E-state index in [0.29, 0.717) is 19.2 Å². The highest BCUT2D eigenvalue weighted by Crippen LogP contribution is 2.26. The van der Waals surface area contributed by atoms with E-state index in [0.717, 1.165) is 43.5 Å². The molecule has 1 aromatic carbocycles. The molecule has 1 saturated heterocycles. The van der Waals surface area contributed by atoms with Crippen molar-refractivity contribution in [2.45, 2.75) is 39.2 Å². The van der Waals surface area contributed by atoms with E-state index in [9.17, 15) is 4.79 Å². The largest absolute Gasteiger partial charge is 0.423 e. The monoisotopic (exact) mass is 345 g/mol. The van der Waals surface area contributed by atoms with Crippen LogP contribution in [0, 0.1) is 5.92 Å². The van der Waals surface area contributed by atoms with Crippen LogP contribution in [0.3, 0.4) is 0 Å². The van der Waals surface area contributed by atoms with Gasteiger partial charge in [0.25, 0.3) is 6.01 Å². The van der Waals surface area contributed by atoms with Crippen molar-refractivity contribution in [2.75, 3.05) is 31.1 Å². The third-order valence-corrected chi connectivity index (χ3v) is 4.49. The number of hydrogen-bond acceptors (Lipinski definition) is 5. The number of benzene rings is 1. The standard InChI is InChI=1S/C19H27N3O3/c1-14(2)24-13-5-10-20-18(23)15-8-11-22(12-9-15)19-21-16-6-3-4-7-17(16)25-19/h3-4,6-7,14-15H,5,8-13H2,1-2H3,(H,20,23). The molecule has 2 heterocycles. The van der Waals surface area contributed by atoms with Crippen molar-refractivity contribution in [3.8, 4) is 0 Å². The summed E-state index contributed by atoms with van der Waals surface area (Å²) in [6, 6.07) is 8.43. The van der Waals surface area contributed by atoms with Gasteiger partial charge in [0.1, 0.15) is 5.52 Å². The van der Waals surface area contributed by atoms with E-state index in [1.807, 2.05) is 38.1 Å². The molecule has 6 heteroatoms. The Morgan fingerprint density at radius 3 is 2.84 bits per heavy atom. The average Bonchev–Trinajstić information content (AvgIpc) is 3.05. The molecule has 0 bridgehead atoms. The summed E-state index contributed by atoms with van der Waals surface area (Å²) in [5.74, 6) is 0.230. The van der Waals surface area contributed by atoms with Crippen molar-refractivity contribution >= 4 is 23.0 Å². The van der Waals surface area contributed by atoms with Gasteiger partial charge < -0.3 is 19.4 Å². The van der Waals surface area contributed by atoms with Gasteiger partial charge in [-0.25, -0.2) is 0 Å². The zero-order valence-electron chi connectivity index (χ0n) is 15.0. The van der Waals surface area contributed by atoms with Crippen molar-refractivity contribution in [1.82, 2.24) is 10.3 Å². The van der Waals surface area contributed by atoms with Gasteiger partial charge in [0, 0.05) is 32.2 Å². The molecule has 0 radical (unpaired) electrons. The summed E-state index contributed by atoms with van der Waals surface area (Å²) >= 11 is 0. The van der Waals surface area contributed by atoms with Gasteiger partial charge in [-0.3, -0.25) is 4.79 Å². The highest BCUT2D eigenvalue weighted by molar-refractivity contribution is 5.79. The highest BCUT2D eigenvalue weighted by atomic mass is 16.5. The van der Waals surface area contributed by atoms with Gasteiger partial charge in [-0.15, -0.1) is 0 Å². The number of nitrogens with zero attached hydrogens (tertiary/aromatic N) is 2. The molecule has 1 N–H and O–H groups in total. The van der Waals surface area contributed by atoms with Crippen LogP contribution in [0.25, 0.3) is 11.1 Å². The first-order valence-electron chi connectivity index (χ1n) is 9.13. The number of piperidine rings is 1. The zero-order valence-corrected chi connectivity index (χ0v) is 15.0. The number of anilines is 1. The number of oxazole rings is 1. The lowest BCUT2D eigenvalue weighted by Crippen LogP contribution is -2.41. The van der Waals surface area contributed by atoms with Crippen LogP contribution in [0.2, 0.25) is 0 Å². The van der Waals surface area contributed by atoms with Gasteiger partial charge in [-0.05, 0) is 45.2 Å². The van der Waals surface area contributed by atoms with Crippen LogP contribution in [0.4, 0.5) is 6.01 Å². The Kier molecular flexibility index (Phi) is 5.91. The van der Waals surface area contributed by atoms with E-state index in [2.05, 4.69) is 15.2 Å². The molecule has 3 rings (SSSR count).